The first-order valence-corrected chi connectivity index (χ1v) is 11.1. The second-order valence-corrected chi connectivity index (χ2v) is 9.93. The van der Waals surface area contributed by atoms with Gasteiger partial charge in [-0.15, -0.1) is 5.10 Å². The molecule has 3 N–H and O–H groups in total. The molecule has 10 heteroatoms. The molecule has 1 aromatic heterocycles. The molecule has 0 bridgehead atoms. The first kappa shape index (κ1) is 23.6. The number of hydrogen-bond acceptors (Lipinski definition) is 7. The van der Waals surface area contributed by atoms with Crippen molar-refractivity contribution in [2.75, 3.05) is 33.7 Å². The van der Waals surface area contributed by atoms with Crippen LogP contribution in [0.3, 0.4) is 0 Å². The molecule has 0 spiro atoms. The summed E-state index contributed by atoms with van der Waals surface area (Å²) in [6.45, 7) is 8.81. The van der Waals surface area contributed by atoms with Gasteiger partial charge in [-0.1, -0.05) is 26.0 Å². The van der Waals surface area contributed by atoms with Crippen molar-refractivity contribution in [2.45, 2.75) is 70.8 Å². The van der Waals surface area contributed by atoms with E-state index in [2.05, 4.69) is 32.9 Å². The van der Waals surface area contributed by atoms with Crippen molar-refractivity contribution in [1.29, 1.82) is 0 Å². The van der Waals surface area contributed by atoms with Gasteiger partial charge in [0.15, 0.2) is 0 Å². The molecule has 2 aliphatic heterocycles. The number of aliphatic hydroxyl groups excluding tert-OH is 1. The topological polar surface area (TPSA) is 116 Å². The summed E-state index contributed by atoms with van der Waals surface area (Å²) in [6, 6.07) is -0.846. The summed E-state index contributed by atoms with van der Waals surface area (Å²) < 4.78 is 1.61. The molecule has 3 heterocycles. The third-order valence-corrected chi connectivity index (χ3v) is 6.28. The quantitative estimate of drug-likeness (QED) is 0.565. The number of hydrogen-bond donors (Lipinski definition) is 3. The summed E-state index contributed by atoms with van der Waals surface area (Å²) in [4.78, 5) is 29.6. The molecule has 2 amide bonds. The van der Waals surface area contributed by atoms with Crippen LogP contribution in [0.2, 0.25) is 0 Å². The molecule has 0 radical (unpaired) electrons. The van der Waals surface area contributed by atoms with Crippen LogP contribution in [0.4, 0.5) is 0 Å². The highest BCUT2D eigenvalue weighted by Crippen LogP contribution is 2.34. The number of aromatic nitrogens is 3. The molecular weight excluding hydrogens is 398 g/mol. The molecule has 0 saturated carbocycles. The van der Waals surface area contributed by atoms with E-state index >= 15 is 0 Å². The van der Waals surface area contributed by atoms with Gasteiger partial charge in [0.2, 0.25) is 11.8 Å². The maximum atomic E-state index is 13.5. The monoisotopic (exact) mass is 435 g/mol. The Morgan fingerprint density at radius 3 is 2.58 bits per heavy atom. The van der Waals surface area contributed by atoms with Crippen molar-refractivity contribution < 1.29 is 14.7 Å². The van der Waals surface area contributed by atoms with Gasteiger partial charge in [0.05, 0.1) is 18.0 Å². The van der Waals surface area contributed by atoms with Gasteiger partial charge in [0.25, 0.3) is 0 Å². The van der Waals surface area contributed by atoms with Gasteiger partial charge in [0.1, 0.15) is 12.1 Å². The Morgan fingerprint density at radius 2 is 1.97 bits per heavy atom. The van der Waals surface area contributed by atoms with Crippen molar-refractivity contribution in [1.82, 2.24) is 35.4 Å². The minimum atomic E-state index is -0.711. The fourth-order valence-corrected chi connectivity index (χ4v) is 4.49. The Bertz CT molecular complexity index is 767. The minimum absolute atomic E-state index is 0.142. The average Bonchev–Trinajstić information content (AvgIpc) is 3.32. The van der Waals surface area contributed by atoms with E-state index in [1.807, 2.05) is 27.0 Å². The summed E-state index contributed by atoms with van der Waals surface area (Å²) in [5.74, 6) is -0.489. The Morgan fingerprint density at radius 1 is 1.29 bits per heavy atom. The van der Waals surface area contributed by atoms with Crippen molar-refractivity contribution in [2.24, 2.45) is 5.41 Å². The van der Waals surface area contributed by atoms with Crippen LogP contribution in [0.5, 0.6) is 0 Å². The number of piperidine rings is 1. The van der Waals surface area contributed by atoms with Crippen molar-refractivity contribution in [3.63, 3.8) is 0 Å². The molecule has 10 nitrogen and oxygen atoms in total. The highest BCUT2D eigenvalue weighted by molar-refractivity contribution is 5.90. The number of aliphatic hydroxyl groups is 1. The molecule has 1 aromatic rings. The number of rotatable bonds is 6. The van der Waals surface area contributed by atoms with E-state index in [1.54, 1.807) is 4.68 Å². The van der Waals surface area contributed by atoms with E-state index in [0.717, 1.165) is 31.6 Å². The summed E-state index contributed by atoms with van der Waals surface area (Å²) in [5, 5.41) is 24.8. The van der Waals surface area contributed by atoms with E-state index in [9.17, 15) is 14.7 Å². The normalized spacial score (nSPS) is 24.4. The van der Waals surface area contributed by atoms with E-state index in [1.165, 1.54) is 11.9 Å². The number of likely N-dealkylation sites (N-methyl/N-ethyl adjacent to an activating group) is 1. The second kappa shape index (κ2) is 9.62. The Hall–Kier alpha value is -2.04. The molecule has 2 saturated heterocycles. The van der Waals surface area contributed by atoms with E-state index < -0.39 is 23.6 Å². The molecule has 2 unspecified atom stereocenters. The zero-order valence-corrected chi connectivity index (χ0v) is 19.3. The van der Waals surface area contributed by atoms with Gasteiger partial charge >= 0.3 is 0 Å². The fraction of sp³-hybridized carbons (Fsp3) is 0.810. The molecular formula is C21H37N7O3. The summed E-state index contributed by atoms with van der Waals surface area (Å²) in [6.07, 6.45) is 3.55. The van der Waals surface area contributed by atoms with E-state index in [0.29, 0.717) is 12.6 Å². The lowest BCUT2D eigenvalue weighted by atomic mass is 9.85. The fourth-order valence-electron chi connectivity index (χ4n) is 4.49. The van der Waals surface area contributed by atoms with Gasteiger partial charge in [-0.05, 0) is 38.4 Å². The Labute approximate surface area is 184 Å². The van der Waals surface area contributed by atoms with Crippen LogP contribution in [0.1, 0.15) is 51.8 Å². The maximum absolute atomic E-state index is 13.5. The first-order valence-electron chi connectivity index (χ1n) is 11.1. The van der Waals surface area contributed by atoms with Gasteiger partial charge in [0, 0.05) is 32.6 Å². The van der Waals surface area contributed by atoms with Crippen LogP contribution >= 0.6 is 0 Å². The number of amides is 2. The van der Waals surface area contributed by atoms with Crippen LogP contribution in [0.15, 0.2) is 6.20 Å². The summed E-state index contributed by atoms with van der Waals surface area (Å²) >= 11 is 0. The molecule has 3 rings (SSSR count). The van der Waals surface area contributed by atoms with Crippen molar-refractivity contribution in [3.8, 4) is 0 Å². The van der Waals surface area contributed by atoms with Crippen LogP contribution < -0.4 is 10.6 Å². The Balaban J connectivity index is 1.73. The number of likely N-dealkylation sites (tertiary alicyclic amines) is 2. The largest absolute Gasteiger partial charge is 0.391 e. The third kappa shape index (κ3) is 5.61. The van der Waals surface area contributed by atoms with Gasteiger partial charge in [-0.2, -0.15) is 0 Å². The molecule has 3 atom stereocenters. The lowest BCUT2D eigenvalue weighted by Gasteiger charge is -2.34. The van der Waals surface area contributed by atoms with Crippen molar-refractivity contribution >= 4 is 11.8 Å². The van der Waals surface area contributed by atoms with Crippen LogP contribution in [-0.2, 0) is 16.1 Å². The number of carbonyl (C=O) groups is 2. The highest BCUT2D eigenvalue weighted by Gasteiger charge is 2.45. The van der Waals surface area contributed by atoms with Gasteiger partial charge in [-0.25, -0.2) is 4.68 Å². The van der Waals surface area contributed by atoms with E-state index in [4.69, 9.17) is 0 Å². The zero-order valence-electron chi connectivity index (χ0n) is 19.3. The summed E-state index contributed by atoms with van der Waals surface area (Å²) in [5.41, 5.74) is 0.329. The number of β-amino-alcohol motifs (C(OH)–C–C–N with tert-alkyl or cyclic N) is 1. The molecule has 31 heavy (non-hydrogen) atoms. The van der Waals surface area contributed by atoms with Crippen LogP contribution in [0, 0.1) is 5.41 Å². The SMILES string of the molecule is CNC(=O)[C@H]1CC(O)CN1C(=O)C(n1cc(CNC2CCN(C)CC2)nn1)C(C)(C)C. The van der Waals surface area contributed by atoms with Crippen molar-refractivity contribution in [3.05, 3.63) is 11.9 Å². The zero-order chi connectivity index (χ0) is 22.8. The van der Waals surface area contributed by atoms with E-state index in [-0.39, 0.29) is 24.8 Å². The smallest absolute Gasteiger partial charge is 0.248 e. The lowest BCUT2D eigenvalue weighted by molar-refractivity contribution is -0.144. The minimum Gasteiger partial charge on any atom is -0.391 e. The average molecular weight is 436 g/mol. The molecule has 0 aromatic carbocycles. The molecule has 2 aliphatic rings. The molecule has 0 aliphatic carbocycles. The maximum Gasteiger partial charge on any atom is 0.248 e. The second-order valence-electron chi connectivity index (χ2n) is 9.93. The predicted octanol–water partition coefficient (Wildman–Crippen LogP) is -0.243. The Kier molecular flexibility index (Phi) is 7.33. The number of nitrogens with zero attached hydrogens (tertiary/aromatic N) is 5. The summed E-state index contributed by atoms with van der Waals surface area (Å²) in [7, 11) is 3.68. The van der Waals surface area contributed by atoms with Gasteiger partial charge in [-0.3, -0.25) is 9.59 Å². The predicted molar refractivity (Wildman–Crippen MR) is 116 cm³/mol. The molecule has 174 valence electrons. The first-order chi connectivity index (χ1) is 14.6. The standard InChI is InChI=1S/C21H37N7O3/c1-21(2,3)18(20(31)27-13-16(29)10-17(27)19(30)22-4)28-12-15(24-25-28)11-23-14-6-8-26(5)9-7-14/h12,14,16-18,23,29H,6-11,13H2,1-5H3,(H,22,30)/t16?,17-,18?/m1/s1. The molecule has 2 fully saturated rings. The van der Waals surface area contributed by atoms with Crippen LogP contribution in [0.25, 0.3) is 0 Å². The third-order valence-electron chi connectivity index (χ3n) is 6.28. The highest BCUT2D eigenvalue weighted by atomic mass is 16.3. The number of nitrogens with one attached hydrogen (secondary N) is 2. The van der Waals surface area contributed by atoms with Crippen LogP contribution in [-0.4, -0.2) is 93.6 Å². The lowest BCUT2D eigenvalue weighted by Crippen LogP contribution is -2.49. The van der Waals surface area contributed by atoms with Gasteiger partial charge < -0.3 is 25.5 Å². The number of carbonyl (C=O) groups excluding carboxylic acids is 2.